The smallest absolute Gasteiger partial charge is 0.0596 e. The van der Waals surface area contributed by atoms with Gasteiger partial charge < -0.3 is 15.3 Å². The van der Waals surface area contributed by atoms with Crippen LogP contribution in [0.25, 0.3) is 0 Å². The van der Waals surface area contributed by atoms with E-state index in [0.717, 1.165) is 44.9 Å². The Morgan fingerprint density at radius 2 is 1.41 bits per heavy atom. The van der Waals surface area contributed by atoms with Crippen LogP contribution in [0.5, 0.6) is 0 Å². The van der Waals surface area contributed by atoms with E-state index in [1.54, 1.807) is 0 Å². The van der Waals surface area contributed by atoms with Crippen molar-refractivity contribution < 1.29 is 15.3 Å². The summed E-state index contributed by atoms with van der Waals surface area (Å²) in [4.78, 5) is 0. The lowest BCUT2D eigenvalue weighted by molar-refractivity contribution is -0.174. The molecule has 0 spiro atoms. The molecular weight excluding hydrogens is 276 g/mol. The van der Waals surface area contributed by atoms with E-state index in [-0.39, 0.29) is 35.1 Å². The first-order chi connectivity index (χ1) is 10.4. The molecule has 4 aliphatic carbocycles. The van der Waals surface area contributed by atoms with Crippen molar-refractivity contribution in [1.82, 2.24) is 0 Å². The molecule has 0 amide bonds. The van der Waals surface area contributed by atoms with Crippen LogP contribution in [0.1, 0.15) is 65.2 Å². The zero-order chi connectivity index (χ0) is 15.7. The van der Waals surface area contributed by atoms with Gasteiger partial charge in [0.05, 0.1) is 18.3 Å². The molecule has 0 unspecified atom stereocenters. The van der Waals surface area contributed by atoms with Crippen LogP contribution >= 0.6 is 0 Å². The molecule has 0 aromatic carbocycles. The Balaban J connectivity index is 1.66. The molecule has 0 aliphatic heterocycles. The molecular formula is C19H32O3. The highest BCUT2D eigenvalue weighted by atomic mass is 16.3. The minimum atomic E-state index is -0.263. The maximum Gasteiger partial charge on any atom is 0.0596 e. The Labute approximate surface area is 134 Å². The number of aliphatic hydroxyl groups is 3. The van der Waals surface area contributed by atoms with Crippen LogP contribution < -0.4 is 0 Å². The zero-order valence-corrected chi connectivity index (χ0v) is 14.0. The summed E-state index contributed by atoms with van der Waals surface area (Å²) in [5.74, 6) is 2.10. The van der Waals surface area contributed by atoms with Gasteiger partial charge in [0.15, 0.2) is 0 Å². The highest BCUT2D eigenvalue weighted by molar-refractivity contribution is 5.11. The van der Waals surface area contributed by atoms with Crippen molar-refractivity contribution in [3.05, 3.63) is 0 Å². The molecule has 3 heteroatoms. The molecule has 0 aromatic rings. The lowest BCUT2D eigenvalue weighted by Crippen LogP contribution is -2.58. The molecule has 4 fully saturated rings. The van der Waals surface area contributed by atoms with E-state index in [0.29, 0.717) is 17.8 Å². The molecule has 0 bridgehead atoms. The molecule has 3 N–H and O–H groups in total. The number of fused-ring (bicyclic) bond motifs is 5. The molecule has 9 atom stereocenters. The van der Waals surface area contributed by atoms with E-state index < -0.39 is 0 Å². The number of hydrogen-bond acceptors (Lipinski definition) is 3. The van der Waals surface area contributed by atoms with Crippen molar-refractivity contribution in [3.8, 4) is 0 Å². The minimum Gasteiger partial charge on any atom is -0.393 e. The summed E-state index contributed by atoms with van der Waals surface area (Å²) in [5, 5.41) is 31.4. The van der Waals surface area contributed by atoms with Gasteiger partial charge in [-0.25, -0.2) is 0 Å². The topological polar surface area (TPSA) is 60.7 Å². The third kappa shape index (κ3) is 1.91. The van der Waals surface area contributed by atoms with E-state index >= 15 is 0 Å². The van der Waals surface area contributed by atoms with Gasteiger partial charge in [-0.05, 0) is 85.9 Å². The van der Waals surface area contributed by atoms with Gasteiger partial charge in [-0.2, -0.15) is 0 Å². The van der Waals surface area contributed by atoms with Gasteiger partial charge >= 0.3 is 0 Å². The van der Waals surface area contributed by atoms with E-state index in [1.807, 2.05) is 0 Å². The molecule has 3 nitrogen and oxygen atoms in total. The van der Waals surface area contributed by atoms with Gasteiger partial charge in [0, 0.05) is 0 Å². The Morgan fingerprint density at radius 1 is 0.727 bits per heavy atom. The van der Waals surface area contributed by atoms with Crippen molar-refractivity contribution in [2.75, 3.05) is 0 Å². The largest absolute Gasteiger partial charge is 0.393 e. The van der Waals surface area contributed by atoms with Gasteiger partial charge in [0.2, 0.25) is 0 Å². The second-order valence-corrected chi connectivity index (χ2v) is 9.36. The highest BCUT2D eigenvalue weighted by Gasteiger charge is 2.61. The lowest BCUT2D eigenvalue weighted by atomic mass is 9.44. The maximum absolute atomic E-state index is 10.8. The first kappa shape index (κ1) is 15.4. The first-order valence-electron chi connectivity index (χ1n) is 9.40. The van der Waals surface area contributed by atoms with Crippen LogP contribution in [0, 0.1) is 34.5 Å². The summed E-state index contributed by atoms with van der Waals surface area (Å²) >= 11 is 0. The normalized spacial score (nSPS) is 61.2. The van der Waals surface area contributed by atoms with Crippen LogP contribution in [0.3, 0.4) is 0 Å². The van der Waals surface area contributed by atoms with E-state index in [4.69, 9.17) is 0 Å². The van der Waals surface area contributed by atoms with Crippen LogP contribution in [0.15, 0.2) is 0 Å². The second kappa shape index (κ2) is 4.94. The number of aliphatic hydroxyl groups excluding tert-OH is 3. The van der Waals surface area contributed by atoms with E-state index in [9.17, 15) is 15.3 Å². The molecule has 22 heavy (non-hydrogen) atoms. The van der Waals surface area contributed by atoms with Crippen molar-refractivity contribution in [2.45, 2.75) is 83.5 Å². The summed E-state index contributed by atoms with van der Waals surface area (Å²) in [6, 6.07) is 0. The maximum atomic E-state index is 10.8. The van der Waals surface area contributed by atoms with E-state index in [1.165, 1.54) is 6.42 Å². The van der Waals surface area contributed by atoms with Crippen LogP contribution in [-0.4, -0.2) is 33.6 Å². The SMILES string of the molecule is C[C@]12CC[C@H](O)C[C@@H]1[C@@H](O)C[C@@H]1[C@H]2CC[C@@]2(C)[C@@H]1CC[C@@H]2O. The number of rotatable bonds is 0. The lowest BCUT2D eigenvalue weighted by Gasteiger charge is -2.61. The van der Waals surface area contributed by atoms with Crippen molar-refractivity contribution in [3.63, 3.8) is 0 Å². The summed E-state index contributed by atoms with van der Waals surface area (Å²) in [5.41, 5.74) is 0.273. The van der Waals surface area contributed by atoms with Crippen molar-refractivity contribution >= 4 is 0 Å². The summed E-state index contributed by atoms with van der Waals surface area (Å²) in [7, 11) is 0. The standard InChI is InChI=1S/C19H32O3/c1-18-7-5-11(20)9-15(18)16(21)10-12-13-3-4-17(22)19(13,2)8-6-14(12)18/h11-17,20-22H,3-10H2,1-2H3/t11-,12-,13+,14+,15+,16-,17-,18+,19-/m0/s1. The van der Waals surface area contributed by atoms with Gasteiger partial charge in [-0.3, -0.25) is 0 Å². The Bertz CT molecular complexity index is 452. The van der Waals surface area contributed by atoms with Crippen molar-refractivity contribution in [1.29, 1.82) is 0 Å². The molecule has 4 saturated carbocycles. The average molecular weight is 308 g/mol. The summed E-state index contributed by atoms with van der Waals surface area (Å²) < 4.78 is 0. The Morgan fingerprint density at radius 3 is 2.18 bits per heavy atom. The minimum absolute atomic E-state index is 0.0816. The molecule has 126 valence electrons. The monoisotopic (exact) mass is 308 g/mol. The molecule has 0 radical (unpaired) electrons. The van der Waals surface area contributed by atoms with Gasteiger partial charge in [0.25, 0.3) is 0 Å². The fraction of sp³-hybridized carbons (Fsp3) is 1.00. The predicted molar refractivity (Wildman–Crippen MR) is 85.1 cm³/mol. The molecule has 0 heterocycles. The second-order valence-electron chi connectivity index (χ2n) is 9.36. The predicted octanol–water partition coefficient (Wildman–Crippen LogP) is 2.72. The third-order valence-corrected chi connectivity index (χ3v) is 8.60. The quantitative estimate of drug-likeness (QED) is 0.645. The average Bonchev–Trinajstić information content (AvgIpc) is 2.77. The first-order valence-corrected chi connectivity index (χ1v) is 9.40. The summed E-state index contributed by atoms with van der Waals surface area (Å²) in [6.07, 6.45) is 7.42. The van der Waals surface area contributed by atoms with E-state index in [2.05, 4.69) is 13.8 Å². The summed E-state index contributed by atoms with van der Waals surface area (Å²) in [6.45, 7) is 4.68. The van der Waals surface area contributed by atoms with Gasteiger partial charge in [-0.1, -0.05) is 13.8 Å². The van der Waals surface area contributed by atoms with Gasteiger partial charge in [-0.15, -0.1) is 0 Å². The fourth-order valence-corrected chi connectivity index (χ4v) is 7.25. The van der Waals surface area contributed by atoms with Crippen LogP contribution in [0.2, 0.25) is 0 Å². The number of hydrogen-bond donors (Lipinski definition) is 3. The van der Waals surface area contributed by atoms with Gasteiger partial charge in [0.1, 0.15) is 0 Å². The highest BCUT2D eigenvalue weighted by Crippen LogP contribution is 2.66. The molecule has 0 saturated heterocycles. The Kier molecular flexibility index (Phi) is 3.46. The van der Waals surface area contributed by atoms with Crippen LogP contribution in [0.4, 0.5) is 0 Å². The van der Waals surface area contributed by atoms with Crippen molar-refractivity contribution in [2.24, 2.45) is 34.5 Å². The molecule has 4 rings (SSSR count). The fourth-order valence-electron chi connectivity index (χ4n) is 7.25. The Hall–Kier alpha value is -0.120. The third-order valence-electron chi connectivity index (χ3n) is 8.60. The molecule has 0 aromatic heterocycles. The van der Waals surface area contributed by atoms with Crippen LogP contribution in [-0.2, 0) is 0 Å². The zero-order valence-electron chi connectivity index (χ0n) is 14.0. The molecule has 4 aliphatic rings.